The van der Waals surface area contributed by atoms with E-state index in [1.54, 1.807) is 0 Å². The maximum atomic E-state index is 11.7. The minimum atomic E-state index is 0.327. The average Bonchev–Trinajstić information content (AvgIpc) is 2.82. The Labute approximate surface area is 84.2 Å². The summed E-state index contributed by atoms with van der Waals surface area (Å²) in [6.45, 7) is 0.933. The molecule has 0 spiro atoms. The van der Waals surface area contributed by atoms with Gasteiger partial charge in [0.1, 0.15) is 0 Å². The number of alkyl halides is 1. The molecule has 1 saturated carbocycles. The molecule has 1 unspecified atom stereocenters. The summed E-state index contributed by atoms with van der Waals surface area (Å²) in [5.41, 5.74) is 0. The standard InChI is InChI=1S/C10H16ClNO/c11-7-9-2-1-5-12(9)10(13)6-8-3-4-8/h8-9H,1-7H2. The first-order valence-corrected chi connectivity index (χ1v) is 5.70. The first-order valence-electron chi connectivity index (χ1n) is 5.16. The van der Waals surface area contributed by atoms with Gasteiger partial charge in [0.25, 0.3) is 0 Å². The number of carbonyl (C=O) groups excluding carboxylic acids is 1. The van der Waals surface area contributed by atoms with Gasteiger partial charge >= 0.3 is 0 Å². The molecule has 0 aromatic rings. The van der Waals surface area contributed by atoms with Crippen LogP contribution in [0.4, 0.5) is 0 Å². The number of rotatable bonds is 3. The monoisotopic (exact) mass is 201 g/mol. The Hall–Kier alpha value is -0.240. The van der Waals surface area contributed by atoms with E-state index < -0.39 is 0 Å². The second kappa shape index (κ2) is 3.87. The summed E-state index contributed by atoms with van der Waals surface area (Å²) >= 11 is 5.80. The lowest BCUT2D eigenvalue weighted by Crippen LogP contribution is -2.36. The van der Waals surface area contributed by atoms with E-state index in [2.05, 4.69) is 0 Å². The third-order valence-electron chi connectivity index (χ3n) is 3.04. The Morgan fingerprint density at radius 1 is 1.38 bits per heavy atom. The molecule has 2 nitrogen and oxygen atoms in total. The van der Waals surface area contributed by atoms with Crippen LogP contribution < -0.4 is 0 Å². The number of amides is 1. The third-order valence-corrected chi connectivity index (χ3v) is 3.39. The normalized spacial score (nSPS) is 28.1. The molecule has 1 amide bonds. The Morgan fingerprint density at radius 3 is 2.77 bits per heavy atom. The van der Waals surface area contributed by atoms with Gasteiger partial charge in [-0.2, -0.15) is 0 Å². The highest BCUT2D eigenvalue weighted by Crippen LogP contribution is 2.34. The van der Waals surface area contributed by atoms with Gasteiger partial charge in [0.05, 0.1) is 0 Å². The van der Waals surface area contributed by atoms with Crippen molar-refractivity contribution in [3.63, 3.8) is 0 Å². The maximum Gasteiger partial charge on any atom is 0.223 e. The Morgan fingerprint density at radius 2 is 2.15 bits per heavy atom. The molecule has 0 bridgehead atoms. The highest BCUT2D eigenvalue weighted by atomic mass is 35.5. The largest absolute Gasteiger partial charge is 0.339 e. The molecule has 74 valence electrons. The lowest BCUT2D eigenvalue weighted by atomic mass is 10.2. The smallest absolute Gasteiger partial charge is 0.223 e. The van der Waals surface area contributed by atoms with Gasteiger partial charge in [-0.15, -0.1) is 11.6 Å². The second-order valence-electron chi connectivity index (χ2n) is 4.18. The van der Waals surface area contributed by atoms with Crippen molar-refractivity contribution in [2.45, 2.75) is 38.1 Å². The SMILES string of the molecule is O=C(CC1CC1)N1CCCC1CCl. The van der Waals surface area contributed by atoms with Crippen molar-refractivity contribution in [3.05, 3.63) is 0 Å². The minimum absolute atomic E-state index is 0.327. The fraction of sp³-hybridized carbons (Fsp3) is 0.900. The maximum absolute atomic E-state index is 11.7. The Balaban J connectivity index is 1.86. The summed E-state index contributed by atoms with van der Waals surface area (Å²) in [6, 6.07) is 0.327. The van der Waals surface area contributed by atoms with Crippen LogP contribution in [0.15, 0.2) is 0 Å². The Kier molecular flexibility index (Phi) is 2.77. The first-order chi connectivity index (χ1) is 6.31. The summed E-state index contributed by atoms with van der Waals surface area (Å²) in [7, 11) is 0. The van der Waals surface area contributed by atoms with Crippen LogP contribution in [0.25, 0.3) is 0 Å². The fourth-order valence-corrected chi connectivity index (χ4v) is 2.33. The lowest BCUT2D eigenvalue weighted by molar-refractivity contribution is -0.132. The first kappa shape index (κ1) is 9.32. The highest BCUT2D eigenvalue weighted by molar-refractivity contribution is 6.18. The van der Waals surface area contributed by atoms with Gasteiger partial charge in [-0.1, -0.05) is 0 Å². The lowest BCUT2D eigenvalue weighted by Gasteiger charge is -2.22. The van der Waals surface area contributed by atoms with E-state index in [4.69, 9.17) is 11.6 Å². The number of likely N-dealkylation sites (tertiary alicyclic amines) is 1. The van der Waals surface area contributed by atoms with Crippen molar-refractivity contribution < 1.29 is 4.79 Å². The van der Waals surface area contributed by atoms with E-state index >= 15 is 0 Å². The van der Waals surface area contributed by atoms with Crippen LogP contribution in [0.1, 0.15) is 32.1 Å². The van der Waals surface area contributed by atoms with E-state index in [-0.39, 0.29) is 0 Å². The van der Waals surface area contributed by atoms with Gasteiger partial charge in [0.2, 0.25) is 5.91 Å². The Bertz CT molecular complexity index is 203. The van der Waals surface area contributed by atoms with Crippen LogP contribution >= 0.6 is 11.6 Å². The van der Waals surface area contributed by atoms with Gasteiger partial charge in [-0.05, 0) is 31.6 Å². The van der Waals surface area contributed by atoms with Gasteiger partial charge in [-0.25, -0.2) is 0 Å². The van der Waals surface area contributed by atoms with E-state index in [0.29, 0.717) is 23.7 Å². The molecular formula is C10H16ClNO. The van der Waals surface area contributed by atoms with Crippen LogP contribution in [-0.2, 0) is 4.79 Å². The summed E-state index contributed by atoms with van der Waals surface area (Å²) in [5, 5.41) is 0. The summed E-state index contributed by atoms with van der Waals surface area (Å²) in [4.78, 5) is 13.7. The number of nitrogens with zero attached hydrogens (tertiary/aromatic N) is 1. The molecule has 13 heavy (non-hydrogen) atoms. The molecule has 3 heteroatoms. The molecule has 1 aliphatic carbocycles. The molecule has 2 fully saturated rings. The molecule has 1 aliphatic heterocycles. The van der Waals surface area contributed by atoms with Crippen molar-refractivity contribution in [1.82, 2.24) is 4.90 Å². The van der Waals surface area contributed by atoms with Crippen LogP contribution in [0.3, 0.4) is 0 Å². The quantitative estimate of drug-likeness (QED) is 0.640. The number of halogens is 1. The zero-order valence-electron chi connectivity index (χ0n) is 7.84. The zero-order chi connectivity index (χ0) is 9.26. The summed E-state index contributed by atoms with van der Waals surface area (Å²) in [6.07, 6.45) is 5.51. The molecule has 0 N–H and O–H groups in total. The van der Waals surface area contributed by atoms with Crippen molar-refractivity contribution in [2.75, 3.05) is 12.4 Å². The third kappa shape index (κ3) is 2.16. The van der Waals surface area contributed by atoms with Crippen LogP contribution in [-0.4, -0.2) is 29.3 Å². The van der Waals surface area contributed by atoms with Gasteiger partial charge < -0.3 is 4.90 Å². The van der Waals surface area contributed by atoms with Crippen LogP contribution in [0.2, 0.25) is 0 Å². The molecule has 1 saturated heterocycles. The van der Waals surface area contributed by atoms with Gasteiger partial charge in [0.15, 0.2) is 0 Å². The molecule has 0 aromatic heterocycles. The van der Waals surface area contributed by atoms with E-state index in [1.807, 2.05) is 4.90 Å². The molecular weight excluding hydrogens is 186 g/mol. The van der Waals surface area contributed by atoms with Crippen molar-refractivity contribution in [1.29, 1.82) is 0 Å². The minimum Gasteiger partial charge on any atom is -0.339 e. The molecule has 2 rings (SSSR count). The topological polar surface area (TPSA) is 20.3 Å². The molecule has 0 radical (unpaired) electrons. The van der Waals surface area contributed by atoms with Gasteiger partial charge in [0, 0.05) is 24.9 Å². The number of hydrogen-bond acceptors (Lipinski definition) is 1. The summed E-state index contributed by atoms with van der Waals surface area (Å²) < 4.78 is 0. The predicted molar refractivity (Wildman–Crippen MR) is 52.8 cm³/mol. The highest BCUT2D eigenvalue weighted by Gasteiger charge is 2.32. The fourth-order valence-electron chi connectivity index (χ4n) is 2.01. The number of carbonyl (C=O) groups is 1. The summed E-state index contributed by atoms with van der Waals surface area (Å²) in [5.74, 6) is 1.64. The molecule has 2 aliphatic rings. The molecule has 1 atom stereocenters. The molecule has 1 heterocycles. The second-order valence-corrected chi connectivity index (χ2v) is 4.49. The van der Waals surface area contributed by atoms with E-state index in [0.717, 1.165) is 25.8 Å². The van der Waals surface area contributed by atoms with Crippen LogP contribution in [0.5, 0.6) is 0 Å². The van der Waals surface area contributed by atoms with Crippen molar-refractivity contribution in [3.8, 4) is 0 Å². The average molecular weight is 202 g/mol. The van der Waals surface area contributed by atoms with E-state index in [9.17, 15) is 4.79 Å². The zero-order valence-corrected chi connectivity index (χ0v) is 8.59. The number of hydrogen-bond donors (Lipinski definition) is 0. The van der Waals surface area contributed by atoms with Gasteiger partial charge in [-0.3, -0.25) is 4.79 Å². The molecule has 0 aromatic carbocycles. The van der Waals surface area contributed by atoms with Crippen LogP contribution in [0, 0.1) is 5.92 Å². The van der Waals surface area contributed by atoms with Crippen molar-refractivity contribution >= 4 is 17.5 Å². The van der Waals surface area contributed by atoms with Crippen molar-refractivity contribution in [2.24, 2.45) is 5.92 Å². The van der Waals surface area contributed by atoms with E-state index in [1.165, 1.54) is 12.8 Å². The predicted octanol–water partition coefficient (Wildman–Crippen LogP) is 2.02.